The predicted molar refractivity (Wildman–Crippen MR) is 109 cm³/mol. The fourth-order valence-electron chi connectivity index (χ4n) is 2.50. The fraction of sp³-hybridized carbons (Fsp3) is 0.130. The third kappa shape index (κ3) is 5.67. The van der Waals surface area contributed by atoms with E-state index >= 15 is 0 Å². The van der Waals surface area contributed by atoms with E-state index < -0.39 is 18.0 Å². The van der Waals surface area contributed by atoms with E-state index in [1.807, 2.05) is 30.3 Å². The number of nitrogens with one attached hydrogen (secondary N) is 1. The van der Waals surface area contributed by atoms with Crippen molar-refractivity contribution in [3.05, 3.63) is 90.0 Å². The number of para-hydroxylation sites is 1. The average molecular weight is 391 g/mol. The van der Waals surface area contributed by atoms with Crippen molar-refractivity contribution in [3.63, 3.8) is 0 Å². The minimum atomic E-state index is -0.972. The number of carbonyl (C=O) groups is 2. The van der Waals surface area contributed by atoms with Crippen LogP contribution < -0.4 is 10.1 Å². The van der Waals surface area contributed by atoms with Crippen LogP contribution in [-0.4, -0.2) is 23.1 Å². The van der Waals surface area contributed by atoms with Crippen molar-refractivity contribution in [3.8, 4) is 11.5 Å². The van der Waals surface area contributed by atoms with Gasteiger partial charge in [-0.05, 0) is 61.0 Å². The summed E-state index contributed by atoms with van der Waals surface area (Å²) in [7, 11) is 0. The molecule has 0 spiro atoms. The first-order valence-electron chi connectivity index (χ1n) is 9.10. The van der Waals surface area contributed by atoms with E-state index in [-0.39, 0.29) is 6.61 Å². The quantitative estimate of drug-likeness (QED) is 0.591. The van der Waals surface area contributed by atoms with E-state index in [0.29, 0.717) is 22.6 Å². The zero-order valence-corrected chi connectivity index (χ0v) is 15.9. The van der Waals surface area contributed by atoms with Gasteiger partial charge >= 0.3 is 5.97 Å². The molecule has 0 aliphatic heterocycles. The Bertz CT molecular complexity index is 953. The van der Waals surface area contributed by atoms with Gasteiger partial charge in [-0.1, -0.05) is 30.3 Å². The first-order chi connectivity index (χ1) is 14.0. The molecule has 0 bridgehead atoms. The number of rotatable bonds is 7. The van der Waals surface area contributed by atoms with Crippen LogP contribution in [0.2, 0.25) is 0 Å². The van der Waals surface area contributed by atoms with Crippen LogP contribution in [-0.2, 0) is 16.1 Å². The van der Waals surface area contributed by atoms with Gasteiger partial charge in [-0.2, -0.15) is 0 Å². The maximum atomic E-state index is 12.3. The molecule has 0 aliphatic rings. The lowest BCUT2D eigenvalue weighted by molar-refractivity contribution is -0.123. The van der Waals surface area contributed by atoms with E-state index in [1.54, 1.807) is 48.5 Å². The van der Waals surface area contributed by atoms with E-state index in [4.69, 9.17) is 14.6 Å². The molecule has 6 nitrogen and oxygen atoms in total. The summed E-state index contributed by atoms with van der Waals surface area (Å²) in [5.41, 5.74) is 1.56. The van der Waals surface area contributed by atoms with Crippen LogP contribution in [0.15, 0.2) is 78.9 Å². The Morgan fingerprint density at radius 2 is 1.52 bits per heavy atom. The SMILES string of the molecule is C[C@H](OC(=O)c1ccc(CO)cc1)C(=O)Nc1ccc(Oc2ccccc2)cc1. The van der Waals surface area contributed by atoms with Crippen molar-refractivity contribution in [2.75, 3.05) is 5.32 Å². The van der Waals surface area contributed by atoms with Crippen LogP contribution in [0.25, 0.3) is 0 Å². The minimum Gasteiger partial charge on any atom is -0.457 e. The minimum absolute atomic E-state index is 0.108. The highest BCUT2D eigenvalue weighted by Gasteiger charge is 2.19. The smallest absolute Gasteiger partial charge is 0.338 e. The number of ether oxygens (including phenoxy) is 2. The van der Waals surface area contributed by atoms with Crippen molar-refractivity contribution < 1.29 is 24.2 Å². The lowest BCUT2D eigenvalue weighted by atomic mass is 10.1. The number of amides is 1. The number of hydrogen-bond donors (Lipinski definition) is 2. The summed E-state index contributed by atoms with van der Waals surface area (Å²) in [6.45, 7) is 1.39. The third-order valence-corrected chi connectivity index (χ3v) is 4.13. The summed E-state index contributed by atoms with van der Waals surface area (Å²) in [6.07, 6.45) is -0.972. The Morgan fingerprint density at radius 3 is 2.14 bits per heavy atom. The van der Waals surface area contributed by atoms with Gasteiger partial charge in [-0.25, -0.2) is 4.79 Å². The molecule has 0 aliphatic carbocycles. The molecule has 0 saturated heterocycles. The Hall–Kier alpha value is -3.64. The highest BCUT2D eigenvalue weighted by atomic mass is 16.5. The van der Waals surface area contributed by atoms with Gasteiger partial charge in [-0.3, -0.25) is 4.79 Å². The van der Waals surface area contributed by atoms with Crippen LogP contribution in [0.5, 0.6) is 11.5 Å². The largest absolute Gasteiger partial charge is 0.457 e. The number of benzene rings is 3. The second-order valence-corrected chi connectivity index (χ2v) is 6.33. The molecule has 6 heteroatoms. The third-order valence-electron chi connectivity index (χ3n) is 4.13. The zero-order chi connectivity index (χ0) is 20.6. The van der Waals surface area contributed by atoms with Crippen LogP contribution in [0.1, 0.15) is 22.8 Å². The fourth-order valence-corrected chi connectivity index (χ4v) is 2.50. The number of carbonyl (C=O) groups excluding carboxylic acids is 2. The zero-order valence-electron chi connectivity index (χ0n) is 15.9. The van der Waals surface area contributed by atoms with Gasteiger partial charge < -0.3 is 19.9 Å². The number of esters is 1. The van der Waals surface area contributed by atoms with Gasteiger partial charge in [0.15, 0.2) is 6.10 Å². The Balaban J connectivity index is 1.54. The lowest BCUT2D eigenvalue weighted by Crippen LogP contribution is -2.30. The molecule has 148 valence electrons. The van der Waals surface area contributed by atoms with E-state index in [1.165, 1.54) is 6.92 Å². The normalized spacial score (nSPS) is 11.4. The van der Waals surface area contributed by atoms with Gasteiger partial charge in [0, 0.05) is 5.69 Å². The first kappa shape index (κ1) is 20.1. The molecule has 2 N–H and O–H groups in total. The molecule has 0 unspecified atom stereocenters. The highest BCUT2D eigenvalue weighted by molar-refractivity contribution is 5.97. The van der Waals surface area contributed by atoms with E-state index in [2.05, 4.69) is 5.32 Å². The molecule has 3 aromatic rings. The summed E-state index contributed by atoms with van der Waals surface area (Å²) in [5, 5.41) is 11.7. The summed E-state index contributed by atoms with van der Waals surface area (Å²) < 4.78 is 10.9. The molecular weight excluding hydrogens is 370 g/mol. The second kappa shape index (κ2) is 9.52. The molecule has 29 heavy (non-hydrogen) atoms. The summed E-state index contributed by atoms with van der Waals surface area (Å²) in [4.78, 5) is 24.5. The number of hydrogen-bond acceptors (Lipinski definition) is 5. The lowest BCUT2D eigenvalue weighted by Gasteiger charge is -2.14. The van der Waals surface area contributed by atoms with Crippen molar-refractivity contribution in [1.82, 2.24) is 0 Å². The van der Waals surface area contributed by atoms with Gasteiger partial charge in [0.05, 0.1) is 12.2 Å². The molecule has 0 saturated carbocycles. The number of anilines is 1. The van der Waals surface area contributed by atoms with Crippen molar-refractivity contribution in [2.24, 2.45) is 0 Å². The van der Waals surface area contributed by atoms with Crippen LogP contribution >= 0.6 is 0 Å². The second-order valence-electron chi connectivity index (χ2n) is 6.33. The first-order valence-corrected chi connectivity index (χ1v) is 9.10. The molecule has 1 amide bonds. The Labute approximate surface area is 168 Å². The van der Waals surface area contributed by atoms with Crippen molar-refractivity contribution in [2.45, 2.75) is 19.6 Å². The predicted octanol–water partition coefficient (Wildman–Crippen LogP) is 4.16. The molecule has 1 atom stereocenters. The van der Waals surface area contributed by atoms with E-state index in [0.717, 1.165) is 5.75 Å². The van der Waals surface area contributed by atoms with Gasteiger partial charge in [0.25, 0.3) is 5.91 Å². The van der Waals surface area contributed by atoms with E-state index in [9.17, 15) is 9.59 Å². The summed E-state index contributed by atoms with van der Waals surface area (Å²) in [6, 6.07) is 22.6. The molecule has 0 aromatic heterocycles. The van der Waals surface area contributed by atoms with Gasteiger partial charge in [0.1, 0.15) is 11.5 Å². The Morgan fingerprint density at radius 1 is 0.897 bits per heavy atom. The molecule has 0 radical (unpaired) electrons. The van der Waals surface area contributed by atoms with Crippen LogP contribution in [0, 0.1) is 0 Å². The molecule has 0 heterocycles. The summed E-state index contributed by atoms with van der Waals surface area (Å²) in [5.74, 6) is 0.308. The van der Waals surface area contributed by atoms with Crippen molar-refractivity contribution in [1.29, 1.82) is 0 Å². The number of aliphatic hydroxyl groups excluding tert-OH is 1. The summed E-state index contributed by atoms with van der Waals surface area (Å²) >= 11 is 0. The maximum absolute atomic E-state index is 12.3. The topological polar surface area (TPSA) is 84.9 Å². The molecule has 3 aromatic carbocycles. The van der Waals surface area contributed by atoms with Crippen molar-refractivity contribution >= 4 is 17.6 Å². The Kier molecular flexibility index (Phi) is 6.60. The van der Waals surface area contributed by atoms with Gasteiger partial charge in [0.2, 0.25) is 0 Å². The van der Waals surface area contributed by atoms with Gasteiger partial charge in [-0.15, -0.1) is 0 Å². The molecule has 0 fully saturated rings. The highest BCUT2D eigenvalue weighted by Crippen LogP contribution is 2.22. The average Bonchev–Trinajstić information content (AvgIpc) is 2.75. The standard InChI is InChI=1S/C23H21NO5/c1-16(28-23(27)18-9-7-17(15-25)8-10-18)22(26)24-19-11-13-21(14-12-19)29-20-5-3-2-4-6-20/h2-14,16,25H,15H2,1H3,(H,24,26)/t16-/m0/s1. The number of aliphatic hydroxyl groups is 1. The molecular formula is C23H21NO5. The monoisotopic (exact) mass is 391 g/mol. The maximum Gasteiger partial charge on any atom is 0.338 e. The van der Waals surface area contributed by atoms with Crippen LogP contribution in [0.3, 0.4) is 0 Å². The van der Waals surface area contributed by atoms with Crippen LogP contribution in [0.4, 0.5) is 5.69 Å². The molecule has 3 rings (SSSR count).